The van der Waals surface area contributed by atoms with Crippen LogP contribution in [0.15, 0.2) is 36.4 Å². The minimum Gasteiger partial charge on any atom is -0.429 e. The SMILES string of the molecule is O=C(Nc1cc(C(F)(F)F)cc(C(F)(F)F)c1)Nc1ccc(OC(F)(F)C(F)C(F)(F)F)c(C(F)(F)F)c1. The maximum atomic E-state index is 13.4. The lowest BCUT2D eigenvalue weighted by molar-refractivity contribution is -0.305. The Balaban J connectivity index is 2.35. The fourth-order valence-corrected chi connectivity index (χ4v) is 2.63. The molecule has 0 radical (unpaired) electrons. The Morgan fingerprint density at radius 1 is 0.658 bits per heavy atom. The maximum absolute atomic E-state index is 13.4. The van der Waals surface area contributed by atoms with Crippen molar-refractivity contribution in [1.29, 1.82) is 0 Å². The minimum atomic E-state index is -6.23. The lowest BCUT2D eigenvalue weighted by atomic mass is 10.1. The Morgan fingerprint density at radius 2 is 1.13 bits per heavy atom. The second kappa shape index (κ2) is 9.97. The summed E-state index contributed by atoms with van der Waals surface area (Å²) in [6.07, 6.45) is -33.3. The van der Waals surface area contributed by atoms with Crippen molar-refractivity contribution < 1.29 is 75.4 Å². The van der Waals surface area contributed by atoms with Crippen molar-refractivity contribution in [3.05, 3.63) is 53.1 Å². The topological polar surface area (TPSA) is 50.4 Å². The van der Waals surface area contributed by atoms with Crippen molar-refractivity contribution in [3.8, 4) is 5.75 Å². The molecule has 2 aromatic carbocycles. The Kier molecular flexibility index (Phi) is 8.05. The van der Waals surface area contributed by atoms with Gasteiger partial charge in [-0.15, -0.1) is 0 Å². The summed E-state index contributed by atoms with van der Waals surface area (Å²) in [4.78, 5) is 12.0. The summed E-state index contributed by atoms with van der Waals surface area (Å²) in [5.41, 5.74) is -8.05. The molecule has 2 aromatic rings. The van der Waals surface area contributed by atoms with Gasteiger partial charge in [-0.25, -0.2) is 9.18 Å². The second-order valence-electron chi connectivity index (χ2n) is 7.15. The van der Waals surface area contributed by atoms with Crippen LogP contribution in [0, 0.1) is 0 Å². The predicted octanol–water partition coefficient (Wildman–Crippen LogP) is 8.26. The summed E-state index contributed by atoms with van der Waals surface area (Å²) >= 11 is 0. The Labute approximate surface area is 200 Å². The molecule has 212 valence electrons. The molecule has 0 fully saturated rings. The number of hydrogen-bond acceptors (Lipinski definition) is 2. The molecule has 4 nitrogen and oxygen atoms in total. The van der Waals surface area contributed by atoms with E-state index in [1.165, 1.54) is 5.32 Å². The van der Waals surface area contributed by atoms with E-state index in [2.05, 4.69) is 4.74 Å². The van der Waals surface area contributed by atoms with Gasteiger partial charge in [0.05, 0.1) is 16.7 Å². The molecule has 0 spiro atoms. The van der Waals surface area contributed by atoms with Crippen LogP contribution in [0.2, 0.25) is 0 Å². The van der Waals surface area contributed by atoms with Crippen LogP contribution in [0.3, 0.4) is 0 Å². The van der Waals surface area contributed by atoms with Crippen LogP contribution in [0.1, 0.15) is 16.7 Å². The van der Waals surface area contributed by atoms with E-state index in [0.717, 1.165) is 0 Å². The molecule has 0 aliphatic heterocycles. The smallest absolute Gasteiger partial charge is 0.429 e. The van der Waals surface area contributed by atoms with Gasteiger partial charge in [-0.1, -0.05) is 0 Å². The van der Waals surface area contributed by atoms with Gasteiger partial charge in [-0.05, 0) is 36.4 Å². The predicted molar refractivity (Wildman–Crippen MR) is 97.1 cm³/mol. The molecule has 2 amide bonds. The van der Waals surface area contributed by atoms with Crippen molar-refractivity contribution in [1.82, 2.24) is 0 Å². The van der Waals surface area contributed by atoms with Gasteiger partial charge in [0, 0.05) is 11.4 Å². The number of nitrogens with one attached hydrogen (secondary N) is 2. The summed E-state index contributed by atoms with van der Waals surface area (Å²) < 4.78 is 197. The number of hydrogen-bond donors (Lipinski definition) is 2. The highest BCUT2D eigenvalue weighted by atomic mass is 19.4. The van der Waals surface area contributed by atoms with E-state index in [1.54, 1.807) is 5.32 Å². The third-order valence-corrected chi connectivity index (χ3v) is 4.22. The molecule has 0 bridgehead atoms. The number of carbonyl (C=O) groups excluding carboxylic acids is 1. The van der Waals surface area contributed by atoms with Crippen molar-refractivity contribution >= 4 is 17.4 Å². The largest absolute Gasteiger partial charge is 0.439 e. The number of ether oxygens (including phenoxy) is 1. The molecule has 0 aliphatic carbocycles. The van der Waals surface area contributed by atoms with E-state index in [1.807, 2.05) is 0 Å². The number of anilines is 2. The molecule has 19 heteroatoms. The van der Waals surface area contributed by atoms with Crippen molar-refractivity contribution in [2.45, 2.75) is 37.0 Å². The fraction of sp³-hybridized carbons (Fsp3) is 0.316. The van der Waals surface area contributed by atoms with Gasteiger partial charge in [0.2, 0.25) is 0 Å². The van der Waals surface area contributed by atoms with Crippen molar-refractivity contribution in [2.75, 3.05) is 10.6 Å². The molecule has 1 atom stereocenters. The Bertz CT molecular complexity index is 1130. The van der Waals surface area contributed by atoms with Crippen LogP contribution in [0.4, 0.5) is 82.0 Å². The molecular weight excluding hydrogens is 573 g/mol. The van der Waals surface area contributed by atoms with Gasteiger partial charge in [0.15, 0.2) is 0 Å². The van der Waals surface area contributed by atoms with Gasteiger partial charge >= 0.3 is 36.8 Å². The molecule has 0 aromatic heterocycles. The fourth-order valence-electron chi connectivity index (χ4n) is 2.63. The van der Waals surface area contributed by atoms with Crippen LogP contribution >= 0.6 is 0 Å². The third kappa shape index (κ3) is 7.73. The van der Waals surface area contributed by atoms with Gasteiger partial charge in [0.1, 0.15) is 5.75 Å². The van der Waals surface area contributed by atoms with Crippen LogP contribution < -0.4 is 15.4 Å². The van der Waals surface area contributed by atoms with Gasteiger partial charge in [-0.3, -0.25) is 0 Å². The van der Waals surface area contributed by atoms with E-state index in [-0.39, 0.29) is 30.3 Å². The molecule has 1 unspecified atom stereocenters. The zero-order valence-corrected chi connectivity index (χ0v) is 17.5. The molecular formula is C19H9F15N2O2. The molecule has 38 heavy (non-hydrogen) atoms. The second-order valence-corrected chi connectivity index (χ2v) is 7.15. The van der Waals surface area contributed by atoms with E-state index >= 15 is 0 Å². The molecule has 0 aliphatic rings. The highest BCUT2D eigenvalue weighted by Crippen LogP contribution is 2.43. The Morgan fingerprint density at radius 3 is 1.55 bits per heavy atom. The monoisotopic (exact) mass is 582 g/mol. The number of alkyl halides is 15. The van der Waals surface area contributed by atoms with Gasteiger partial charge in [-0.2, -0.15) is 61.5 Å². The van der Waals surface area contributed by atoms with E-state index in [0.29, 0.717) is 6.07 Å². The zero-order chi connectivity index (χ0) is 29.5. The van der Waals surface area contributed by atoms with Crippen LogP contribution in [-0.2, 0) is 18.5 Å². The number of benzene rings is 2. The summed E-state index contributed by atoms with van der Waals surface area (Å²) in [7, 11) is 0. The first kappa shape index (κ1) is 30.7. The van der Waals surface area contributed by atoms with Crippen LogP contribution in [-0.4, -0.2) is 24.5 Å². The highest BCUT2D eigenvalue weighted by molar-refractivity contribution is 6.00. The van der Waals surface area contributed by atoms with Crippen molar-refractivity contribution in [2.24, 2.45) is 0 Å². The number of halogens is 15. The molecule has 2 N–H and O–H groups in total. The summed E-state index contributed by atoms with van der Waals surface area (Å²) in [5.74, 6) is -2.01. The molecule has 2 rings (SSSR count). The molecule has 0 heterocycles. The average molecular weight is 582 g/mol. The van der Waals surface area contributed by atoms with E-state index < -0.39 is 76.8 Å². The Hall–Kier alpha value is -3.54. The number of amides is 2. The van der Waals surface area contributed by atoms with E-state index in [9.17, 15) is 70.7 Å². The molecule has 0 saturated carbocycles. The first-order chi connectivity index (χ1) is 16.9. The summed E-state index contributed by atoms with van der Waals surface area (Å²) in [6, 6.07) is -1.78. The zero-order valence-electron chi connectivity index (χ0n) is 17.5. The van der Waals surface area contributed by atoms with Crippen LogP contribution in [0.25, 0.3) is 0 Å². The summed E-state index contributed by atoms with van der Waals surface area (Å²) in [5, 5.41) is 3.05. The normalized spacial score (nSPS) is 14.2. The molecule has 0 saturated heterocycles. The lowest BCUT2D eigenvalue weighted by Crippen LogP contribution is -2.45. The lowest BCUT2D eigenvalue weighted by Gasteiger charge is -2.25. The van der Waals surface area contributed by atoms with Gasteiger partial charge in [0.25, 0.3) is 6.17 Å². The third-order valence-electron chi connectivity index (χ3n) is 4.22. The average Bonchev–Trinajstić information content (AvgIpc) is 2.71. The number of rotatable bonds is 5. The maximum Gasteiger partial charge on any atom is 0.439 e. The summed E-state index contributed by atoms with van der Waals surface area (Å²) in [6.45, 7) is 0. The first-order valence-electron chi connectivity index (χ1n) is 9.27. The highest BCUT2D eigenvalue weighted by Gasteiger charge is 2.59. The quantitative estimate of drug-likeness (QED) is 0.349. The van der Waals surface area contributed by atoms with Crippen LogP contribution in [0.5, 0.6) is 5.75 Å². The first-order valence-corrected chi connectivity index (χ1v) is 9.27. The minimum absolute atomic E-state index is 0.0402. The number of urea groups is 1. The van der Waals surface area contributed by atoms with Crippen molar-refractivity contribution in [3.63, 3.8) is 0 Å². The van der Waals surface area contributed by atoms with E-state index in [4.69, 9.17) is 0 Å². The standard InChI is InChI=1S/C19H9F15N2O2/c20-13(18(30,31)32)19(33,34)38-12-2-1-9(6-11(12)17(27,28)29)35-14(37)36-10-4-7(15(21,22)23)3-8(5-10)16(24,25)26/h1-6,13H,(H2,35,36,37). The van der Waals surface area contributed by atoms with Gasteiger partial charge < -0.3 is 15.4 Å². The number of carbonyl (C=O) groups is 1.